The minimum atomic E-state index is 0.613. The number of nitrogens with one attached hydrogen (secondary N) is 1. The van der Waals surface area contributed by atoms with Gasteiger partial charge in [0.15, 0.2) is 5.65 Å². The van der Waals surface area contributed by atoms with E-state index in [2.05, 4.69) is 30.2 Å². The maximum atomic E-state index is 5.65. The molecule has 0 bridgehead atoms. The Morgan fingerprint density at radius 1 is 1.04 bits per heavy atom. The number of hydrogen-bond acceptors (Lipinski definition) is 7. The number of nitrogens with zero attached hydrogens (tertiary/aromatic N) is 5. The molecule has 1 N–H and O–H groups in total. The summed E-state index contributed by atoms with van der Waals surface area (Å²) in [5.41, 5.74) is 2.49. The SMILES string of the molecule is CN(C)CCOc1cc(CNc2ccc3nccnc3n2)ccn1. The van der Waals surface area contributed by atoms with Gasteiger partial charge >= 0.3 is 0 Å². The van der Waals surface area contributed by atoms with E-state index in [4.69, 9.17) is 4.74 Å². The monoisotopic (exact) mass is 324 g/mol. The molecule has 0 aliphatic carbocycles. The Labute approximate surface area is 140 Å². The zero-order valence-electron chi connectivity index (χ0n) is 13.8. The molecule has 0 aromatic carbocycles. The number of pyridine rings is 2. The lowest BCUT2D eigenvalue weighted by Crippen LogP contribution is -2.19. The Morgan fingerprint density at radius 2 is 1.92 bits per heavy atom. The third-order valence-corrected chi connectivity index (χ3v) is 3.39. The average Bonchev–Trinajstić information content (AvgIpc) is 2.60. The molecule has 0 aliphatic rings. The van der Waals surface area contributed by atoms with Crippen molar-refractivity contribution in [1.29, 1.82) is 0 Å². The predicted molar refractivity (Wildman–Crippen MR) is 92.9 cm³/mol. The second kappa shape index (κ2) is 7.65. The van der Waals surface area contributed by atoms with Crippen LogP contribution in [0.5, 0.6) is 5.88 Å². The third kappa shape index (κ3) is 4.36. The van der Waals surface area contributed by atoms with Gasteiger partial charge in [-0.25, -0.2) is 15.0 Å². The van der Waals surface area contributed by atoms with Crippen molar-refractivity contribution in [3.05, 3.63) is 48.4 Å². The summed E-state index contributed by atoms with van der Waals surface area (Å²) in [5.74, 6) is 1.39. The van der Waals surface area contributed by atoms with Crippen LogP contribution < -0.4 is 10.1 Å². The minimum Gasteiger partial charge on any atom is -0.476 e. The average molecular weight is 324 g/mol. The fraction of sp³-hybridized carbons (Fsp3) is 0.294. The molecule has 0 aliphatic heterocycles. The lowest BCUT2D eigenvalue weighted by molar-refractivity contribution is 0.253. The predicted octanol–water partition coefficient (Wildman–Crippen LogP) is 1.97. The molecular formula is C17H20N6O. The molecule has 124 valence electrons. The fourth-order valence-corrected chi connectivity index (χ4v) is 2.12. The molecule has 0 radical (unpaired) electrons. The minimum absolute atomic E-state index is 0.613. The number of likely N-dealkylation sites (N-methyl/N-ethyl adjacent to an activating group) is 1. The summed E-state index contributed by atoms with van der Waals surface area (Å²) in [4.78, 5) is 19.2. The summed E-state index contributed by atoms with van der Waals surface area (Å²) in [6.45, 7) is 2.10. The standard InChI is InChI=1S/C17H20N6O/c1-23(2)9-10-24-16-11-13(5-6-19-16)12-21-15-4-3-14-17(22-15)20-8-7-18-14/h3-8,11H,9-10,12H2,1-2H3,(H,20,21,22). The Bertz CT molecular complexity index is 808. The molecule has 3 rings (SSSR count). The largest absolute Gasteiger partial charge is 0.476 e. The van der Waals surface area contributed by atoms with Gasteiger partial charge in [0.25, 0.3) is 0 Å². The van der Waals surface area contributed by atoms with Gasteiger partial charge in [-0.1, -0.05) is 0 Å². The Kier molecular flexibility index (Phi) is 5.12. The molecule has 0 saturated carbocycles. The number of ether oxygens (including phenoxy) is 1. The van der Waals surface area contributed by atoms with E-state index in [-0.39, 0.29) is 0 Å². The van der Waals surface area contributed by atoms with Crippen LogP contribution in [0.15, 0.2) is 42.9 Å². The molecule has 0 amide bonds. The van der Waals surface area contributed by atoms with E-state index in [9.17, 15) is 0 Å². The van der Waals surface area contributed by atoms with E-state index >= 15 is 0 Å². The van der Waals surface area contributed by atoms with Crippen LogP contribution in [0.3, 0.4) is 0 Å². The third-order valence-electron chi connectivity index (χ3n) is 3.39. The first-order valence-corrected chi connectivity index (χ1v) is 7.75. The van der Waals surface area contributed by atoms with Crippen molar-refractivity contribution in [2.24, 2.45) is 0 Å². The summed E-state index contributed by atoms with van der Waals surface area (Å²) >= 11 is 0. The smallest absolute Gasteiger partial charge is 0.213 e. The number of rotatable bonds is 7. The maximum Gasteiger partial charge on any atom is 0.213 e. The first-order chi connectivity index (χ1) is 11.7. The molecule has 0 spiro atoms. The highest BCUT2D eigenvalue weighted by atomic mass is 16.5. The highest BCUT2D eigenvalue weighted by Crippen LogP contribution is 2.13. The summed E-state index contributed by atoms with van der Waals surface area (Å²) in [6, 6.07) is 7.68. The number of hydrogen-bond donors (Lipinski definition) is 1. The molecule has 0 saturated heterocycles. The Morgan fingerprint density at radius 3 is 2.79 bits per heavy atom. The lowest BCUT2D eigenvalue weighted by atomic mass is 10.2. The van der Waals surface area contributed by atoms with E-state index in [1.165, 1.54) is 0 Å². The maximum absolute atomic E-state index is 5.65. The molecule has 0 atom stereocenters. The van der Waals surface area contributed by atoms with E-state index in [1.54, 1.807) is 18.6 Å². The topological polar surface area (TPSA) is 76.1 Å². The van der Waals surface area contributed by atoms with Gasteiger partial charge in [-0.15, -0.1) is 0 Å². The van der Waals surface area contributed by atoms with E-state index in [0.29, 0.717) is 24.7 Å². The van der Waals surface area contributed by atoms with Crippen LogP contribution in [0.25, 0.3) is 11.2 Å². The highest BCUT2D eigenvalue weighted by molar-refractivity contribution is 5.71. The van der Waals surface area contributed by atoms with Crippen LogP contribution in [0.1, 0.15) is 5.56 Å². The Balaban J connectivity index is 1.61. The van der Waals surface area contributed by atoms with Crippen LogP contribution >= 0.6 is 0 Å². The van der Waals surface area contributed by atoms with Gasteiger partial charge in [0, 0.05) is 37.7 Å². The zero-order valence-corrected chi connectivity index (χ0v) is 13.8. The van der Waals surface area contributed by atoms with Crippen LogP contribution in [0, 0.1) is 0 Å². The Hall–Kier alpha value is -2.80. The van der Waals surface area contributed by atoms with Crippen molar-refractivity contribution in [3.63, 3.8) is 0 Å². The summed E-state index contributed by atoms with van der Waals surface area (Å²) in [7, 11) is 4.02. The molecular weight excluding hydrogens is 304 g/mol. The van der Waals surface area contributed by atoms with Crippen molar-refractivity contribution in [2.45, 2.75) is 6.54 Å². The number of anilines is 1. The second-order valence-corrected chi connectivity index (χ2v) is 5.60. The first-order valence-electron chi connectivity index (χ1n) is 7.75. The van der Waals surface area contributed by atoms with Crippen molar-refractivity contribution in [1.82, 2.24) is 24.8 Å². The van der Waals surface area contributed by atoms with Gasteiger partial charge in [-0.2, -0.15) is 0 Å². The number of fused-ring (bicyclic) bond motifs is 1. The zero-order chi connectivity index (χ0) is 16.8. The molecule has 7 heteroatoms. The van der Waals surface area contributed by atoms with E-state index < -0.39 is 0 Å². The lowest BCUT2D eigenvalue weighted by Gasteiger charge is -2.11. The van der Waals surface area contributed by atoms with Gasteiger partial charge in [-0.3, -0.25) is 4.98 Å². The van der Waals surface area contributed by atoms with Crippen LogP contribution in [0.4, 0.5) is 5.82 Å². The van der Waals surface area contributed by atoms with E-state index in [1.807, 2.05) is 38.4 Å². The first kappa shape index (κ1) is 16.1. The van der Waals surface area contributed by atoms with Crippen molar-refractivity contribution in [2.75, 3.05) is 32.6 Å². The second-order valence-electron chi connectivity index (χ2n) is 5.60. The molecule has 3 heterocycles. The molecule has 0 fully saturated rings. The van der Waals surface area contributed by atoms with Gasteiger partial charge < -0.3 is 15.0 Å². The van der Waals surface area contributed by atoms with Crippen LogP contribution in [-0.2, 0) is 6.54 Å². The quantitative estimate of drug-likeness (QED) is 0.712. The van der Waals surface area contributed by atoms with Gasteiger partial charge in [0.2, 0.25) is 5.88 Å². The van der Waals surface area contributed by atoms with Crippen LogP contribution in [-0.4, -0.2) is 52.1 Å². The molecule has 3 aromatic rings. The van der Waals surface area contributed by atoms with Crippen molar-refractivity contribution >= 4 is 17.0 Å². The fourth-order valence-electron chi connectivity index (χ4n) is 2.12. The summed E-state index contributed by atoms with van der Waals surface area (Å²) in [5, 5.41) is 3.28. The molecule has 0 unspecified atom stereocenters. The number of aromatic nitrogens is 4. The van der Waals surface area contributed by atoms with Crippen LogP contribution in [0.2, 0.25) is 0 Å². The highest BCUT2D eigenvalue weighted by Gasteiger charge is 2.02. The molecule has 24 heavy (non-hydrogen) atoms. The van der Waals surface area contributed by atoms with Gasteiger partial charge in [0.1, 0.15) is 17.9 Å². The van der Waals surface area contributed by atoms with E-state index in [0.717, 1.165) is 23.4 Å². The van der Waals surface area contributed by atoms with Gasteiger partial charge in [-0.05, 0) is 37.9 Å². The van der Waals surface area contributed by atoms with Gasteiger partial charge in [0.05, 0.1) is 0 Å². The van der Waals surface area contributed by atoms with Crippen molar-refractivity contribution < 1.29 is 4.74 Å². The molecule has 7 nitrogen and oxygen atoms in total. The summed E-state index contributed by atoms with van der Waals surface area (Å²) < 4.78 is 5.65. The normalized spacial score (nSPS) is 11.0. The molecule has 3 aromatic heterocycles. The summed E-state index contributed by atoms with van der Waals surface area (Å²) in [6.07, 6.45) is 5.05. The van der Waals surface area contributed by atoms with Crippen molar-refractivity contribution in [3.8, 4) is 5.88 Å².